The summed E-state index contributed by atoms with van der Waals surface area (Å²) in [6.45, 7) is 2.25. The summed E-state index contributed by atoms with van der Waals surface area (Å²) >= 11 is 1.17. The fraction of sp³-hybridized carbons (Fsp3) is 0.182. The van der Waals surface area contributed by atoms with E-state index in [1.165, 1.54) is 11.5 Å². The number of rotatable bonds is 4. The van der Waals surface area contributed by atoms with Crippen LogP contribution in [0, 0.1) is 6.92 Å². The van der Waals surface area contributed by atoms with Crippen molar-refractivity contribution in [3.05, 3.63) is 41.3 Å². The van der Waals surface area contributed by atoms with E-state index in [0.29, 0.717) is 17.2 Å². The second-order valence-corrected chi connectivity index (χ2v) is 4.26. The Hall–Kier alpha value is -1.95. The summed E-state index contributed by atoms with van der Waals surface area (Å²) in [5, 5.41) is 12.7. The maximum absolute atomic E-state index is 11.0. The minimum atomic E-state index is -0.950. The van der Waals surface area contributed by atoms with Gasteiger partial charge in [0.2, 0.25) is 0 Å². The fourth-order valence-corrected chi connectivity index (χ4v) is 2.21. The van der Waals surface area contributed by atoms with E-state index in [-0.39, 0.29) is 5.56 Å². The first kappa shape index (κ1) is 11.5. The Morgan fingerprint density at radius 3 is 2.82 bits per heavy atom. The Labute approximate surface area is 102 Å². The number of hydrogen-bond donors (Lipinski definition) is 2. The van der Waals surface area contributed by atoms with Crippen molar-refractivity contribution in [2.45, 2.75) is 13.5 Å². The maximum atomic E-state index is 11.0. The third-order valence-corrected chi connectivity index (χ3v) is 3.18. The van der Waals surface area contributed by atoms with Crippen molar-refractivity contribution in [1.29, 1.82) is 0 Å². The average molecular weight is 249 g/mol. The summed E-state index contributed by atoms with van der Waals surface area (Å²) in [5.41, 5.74) is 1.84. The van der Waals surface area contributed by atoms with Crippen LogP contribution in [-0.4, -0.2) is 20.4 Å². The van der Waals surface area contributed by atoms with Crippen molar-refractivity contribution in [2.24, 2.45) is 0 Å². The molecule has 0 atom stereocenters. The molecule has 0 saturated heterocycles. The molecular weight excluding hydrogens is 238 g/mol. The molecule has 0 radical (unpaired) electrons. The lowest BCUT2D eigenvalue weighted by Crippen LogP contribution is -2.04. The molecule has 0 aliphatic heterocycles. The van der Waals surface area contributed by atoms with Crippen LogP contribution in [-0.2, 0) is 6.54 Å². The molecule has 0 bridgehead atoms. The normalized spacial score (nSPS) is 10.2. The standard InChI is InChI=1S/C11H11N3O2S/c1-7-9(11(15)16)10(17-14-7)13-6-8-2-4-12-5-3-8/h2-5,13H,6H2,1H3,(H,15,16). The Morgan fingerprint density at radius 1 is 1.47 bits per heavy atom. The van der Waals surface area contributed by atoms with Crippen LogP contribution >= 0.6 is 11.5 Å². The first-order valence-corrected chi connectivity index (χ1v) is 5.78. The molecule has 88 valence electrons. The van der Waals surface area contributed by atoms with E-state index < -0.39 is 5.97 Å². The largest absolute Gasteiger partial charge is 0.478 e. The van der Waals surface area contributed by atoms with E-state index in [2.05, 4.69) is 14.7 Å². The predicted molar refractivity (Wildman–Crippen MR) is 65.4 cm³/mol. The number of nitrogens with one attached hydrogen (secondary N) is 1. The highest BCUT2D eigenvalue weighted by molar-refractivity contribution is 7.10. The molecule has 0 amide bonds. The Bertz CT molecular complexity index is 525. The molecule has 2 aromatic heterocycles. The summed E-state index contributed by atoms with van der Waals surface area (Å²) in [6, 6.07) is 3.75. The van der Waals surface area contributed by atoms with Gasteiger partial charge >= 0.3 is 5.97 Å². The molecule has 0 aromatic carbocycles. The Kier molecular flexibility index (Phi) is 3.34. The van der Waals surface area contributed by atoms with Gasteiger partial charge in [-0.05, 0) is 36.2 Å². The number of carboxylic acids is 1. The van der Waals surface area contributed by atoms with Crippen LogP contribution in [0.1, 0.15) is 21.6 Å². The molecular formula is C11H11N3O2S. The van der Waals surface area contributed by atoms with Crippen LogP contribution < -0.4 is 5.32 Å². The van der Waals surface area contributed by atoms with Crippen LogP contribution in [0.5, 0.6) is 0 Å². The van der Waals surface area contributed by atoms with Crippen molar-refractivity contribution in [1.82, 2.24) is 9.36 Å². The van der Waals surface area contributed by atoms with E-state index in [4.69, 9.17) is 5.11 Å². The molecule has 17 heavy (non-hydrogen) atoms. The first-order chi connectivity index (χ1) is 8.18. The predicted octanol–water partition coefficient (Wildman–Crippen LogP) is 2.16. The number of nitrogens with zero attached hydrogens (tertiary/aromatic N) is 2. The highest BCUT2D eigenvalue weighted by Crippen LogP contribution is 2.24. The Balaban J connectivity index is 2.12. The Morgan fingerprint density at radius 2 is 2.18 bits per heavy atom. The summed E-state index contributed by atoms with van der Waals surface area (Å²) in [5.74, 6) is -0.950. The molecule has 0 saturated carbocycles. The van der Waals surface area contributed by atoms with Crippen LogP contribution in [0.2, 0.25) is 0 Å². The van der Waals surface area contributed by atoms with Crippen molar-refractivity contribution < 1.29 is 9.90 Å². The highest BCUT2D eigenvalue weighted by atomic mass is 32.1. The lowest BCUT2D eigenvalue weighted by atomic mass is 10.2. The van der Waals surface area contributed by atoms with Crippen LogP contribution in [0.15, 0.2) is 24.5 Å². The monoisotopic (exact) mass is 249 g/mol. The van der Waals surface area contributed by atoms with Crippen LogP contribution in [0.4, 0.5) is 5.00 Å². The molecule has 2 heterocycles. The van der Waals surface area contributed by atoms with Gasteiger partial charge in [-0.3, -0.25) is 4.98 Å². The van der Waals surface area contributed by atoms with Gasteiger partial charge < -0.3 is 10.4 Å². The molecule has 2 rings (SSSR count). The van der Waals surface area contributed by atoms with Gasteiger partial charge in [0.05, 0.1) is 5.69 Å². The number of aryl methyl sites for hydroxylation is 1. The number of hydrogen-bond acceptors (Lipinski definition) is 5. The SMILES string of the molecule is Cc1nsc(NCc2ccncc2)c1C(=O)O. The molecule has 0 aliphatic rings. The fourth-order valence-electron chi connectivity index (χ4n) is 1.43. The van der Waals surface area contributed by atoms with Crippen molar-refractivity contribution in [3.8, 4) is 0 Å². The minimum Gasteiger partial charge on any atom is -0.478 e. The third-order valence-electron chi connectivity index (χ3n) is 2.28. The van der Waals surface area contributed by atoms with E-state index in [1.54, 1.807) is 19.3 Å². The topological polar surface area (TPSA) is 75.1 Å². The molecule has 6 heteroatoms. The van der Waals surface area contributed by atoms with Gasteiger partial charge in [-0.2, -0.15) is 4.37 Å². The molecule has 0 aliphatic carbocycles. The molecule has 0 unspecified atom stereocenters. The van der Waals surface area contributed by atoms with E-state index in [9.17, 15) is 4.79 Å². The number of aromatic carboxylic acids is 1. The lowest BCUT2D eigenvalue weighted by molar-refractivity contribution is 0.0697. The lowest BCUT2D eigenvalue weighted by Gasteiger charge is -2.04. The first-order valence-electron chi connectivity index (χ1n) is 5.01. The van der Waals surface area contributed by atoms with Gasteiger partial charge in [0, 0.05) is 18.9 Å². The van der Waals surface area contributed by atoms with Crippen molar-refractivity contribution >= 4 is 22.5 Å². The smallest absolute Gasteiger partial charge is 0.340 e. The average Bonchev–Trinajstić information content (AvgIpc) is 2.69. The third kappa shape index (κ3) is 2.59. The number of pyridine rings is 1. The number of anilines is 1. The summed E-state index contributed by atoms with van der Waals surface area (Å²) < 4.78 is 4.04. The molecule has 0 fully saturated rings. The van der Waals surface area contributed by atoms with E-state index >= 15 is 0 Å². The zero-order valence-electron chi connectivity index (χ0n) is 9.17. The van der Waals surface area contributed by atoms with Crippen molar-refractivity contribution in [2.75, 3.05) is 5.32 Å². The van der Waals surface area contributed by atoms with Gasteiger partial charge in [0.15, 0.2) is 0 Å². The maximum Gasteiger partial charge on any atom is 0.340 e. The molecule has 2 aromatic rings. The second kappa shape index (κ2) is 4.92. The zero-order valence-corrected chi connectivity index (χ0v) is 9.99. The van der Waals surface area contributed by atoms with Gasteiger partial charge in [-0.15, -0.1) is 0 Å². The van der Waals surface area contributed by atoms with Gasteiger partial charge in [0.25, 0.3) is 0 Å². The number of carboxylic acid groups (broad SMARTS) is 1. The number of carbonyl (C=O) groups is 1. The van der Waals surface area contributed by atoms with E-state index in [0.717, 1.165) is 5.56 Å². The van der Waals surface area contributed by atoms with Gasteiger partial charge in [0.1, 0.15) is 10.6 Å². The van der Waals surface area contributed by atoms with E-state index in [1.807, 2.05) is 12.1 Å². The van der Waals surface area contributed by atoms with Crippen LogP contribution in [0.3, 0.4) is 0 Å². The summed E-state index contributed by atoms with van der Waals surface area (Å²) in [4.78, 5) is 15.0. The quantitative estimate of drug-likeness (QED) is 0.868. The van der Waals surface area contributed by atoms with Crippen LogP contribution in [0.25, 0.3) is 0 Å². The summed E-state index contributed by atoms with van der Waals surface area (Å²) in [6.07, 6.45) is 3.40. The molecule has 0 spiro atoms. The van der Waals surface area contributed by atoms with Gasteiger partial charge in [-0.1, -0.05) is 0 Å². The second-order valence-electron chi connectivity index (χ2n) is 3.49. The molecule has 2 N–H and O–H groups in total. The number of aromatic nitrogens is 2. The minimum absolute atomic E-state index is 0.254. The highest BCUT2D eigenvalue weighted by Gasteiger charge is 2.16. The zero-order chi connectivity index (χ0) is 12.3. The molecule has 5 nitrogen and oxygen atoms in total. The van der Waals surface area contributed by atoms with Gasteiger partial charge in [-0.25, -0.2) is 4.79 Å². The van der Waals surface area contributed by atoms with Crippen molar-refractivity contribution in [3.63, 3.8) is 0 Å². The summed E-state index contributed by atoms with van der Waals surface area (Å²) in [7, 11) is 0.